The van der Waals surface area contributed by atoms with Gasteiger partial charge in [-0.25, -0.2) is 4.79 Å². The lowest BCUT2D eigenvalue weighted by molar-refractivity contribution is -0.145. The van der Waals surface area contributed by atoms with Gasteiger partial charge in [0, 0.05) is 26.7 Å². The van der Waals surface area contributed by atoms with Crippen LogP contribution in [0.2, 0.25) is 0 Å². The average Bonchev–Trinajstić information content (AvgIpc) is 3.32. The summed E-state index contributed by atoms with van der Waals surface area (Å²) in [4.78, 5) is 13.8. The monoisotopic (exact) mass is 600 g/mol. The van der Waals surface area contributed by atoms with Gasteiger partial charge in [0.25, 0.3) is 0 Å². The highest BCUT2D eigenvalue weighted by Crippen LogP contribution is 2.37. The van der Waals surface area contributed by atoms with Crippen LogP contribution in [-0.2, 0) is 27.2 Å². The highest BCUT2D eigenvalue weighted by Gasteiger charge is 2.30. The SMILES string of the molecule is CCOC(=O)COc1ccc(SCc2cc(-c3ccc(C(F)(F)F)cc3)oc2CSc2cc(C)cc(C)c2)cc1C. The number of aryl methyl sites for hydroxylation is 3. The number of carbonyl (C=O) groups is 1. The minimum Gasteiger partial charge on any atom is -0.482 e. The van der Waals surface area contributed by atoms with Crippen LogP contribution in [0.5, 0.6) is 5.75 Å². The van der Waals surface area contributed by atoms with Crippen LogP contribution >= 0.6 is 23.5 Å². The quantitative estimate of drug-likeness (QED) is 0.126. The van der Waals surface area contributed by atoms with Crippen LogP contribution in [-0.4, -0.2) is 19.2 Å². The van der Waals surface area contributed by atoms with Gasteiger partial charge >= 0.3 is 12.1 Å². The number of ether oxygens (including phenoxy) is 2. The Kier molecular flexibility index (Phi) is 10.1. The molecule has 0 saturated heterocycles. The number of benzene rings is 3. The smallest absolute Gasteiger partial charge is 0.416 e. The lowest BCUT2D eigenvalue weighted by atomic mass is 10.1. The molecule has 1 aromatic heterocycles. The summed E-state index contributed by atoms with van der Waals surface area (Å²) < 4.78 is 56.0. The number of rotatable bonds is 11. The van der Waals surface area contributed by atoms with Crippen molar-refractivity contribution in [2.45, 2.75) is 55.2 Å². The maximum atomic E-state index is 13.1. The topological polar surface area (TPSA) is 48.7 Å². The van der Waals surface area contributed by atoms with Crippen molar-refractivity contribution in [2.24, 2.45) is 0 Å². The van der Waals surface area contributed by atoms with E-state index in [0.717, 1.165) is 38.8 Å². The number of halogens is 3. The zero-order valence-electron chi connectivity index (χ0n) is 23.3. The second kappa shape index (κ2) is 13.6. The number of thioether (sulfide) groups is 2. The molecule has 0 fully saturated rings. The molecule has 3 aromatic carbocycles. The van der Waals surface area contributed by atoms with E-state index < -0.39 is 17.7 Å². The van der Waals surface area contributed by atoms with Gasteiger partial charge in [0.05, 0.1) is 17.9 Å². The lowest BCUT2D eigenvalue weighted by Gasteiger charge is -2.10. The zero-order chi connectivity index (χ0) is 29.6. The fraction of sp³-hybridized carbons (Fsp3) is 0.281. The number of hydrogen-bond donors (Lipinski definition) is 0. The first-order valence-electron chi connectivity index (χ1n) is 13.0. The maximum absolute atomic E-state index is 13.1. The van der Waals surface area contributed by atoms with Gasteiger partial charge in [0.1, 0.15) is 17.3 Å². The summed E-state index contributed by atoms with van der Waals surface area (Å²) in [6.45, 7) is 7.93. The number of alkyl halides is 3. The molecular weight excluding hydrogens is 569 g/mol. The van der Waals surface area contributed by atoms with Crippen LogP contribution in [0, 0.1) is 20.8 Å². The minimum atomic E-state index is -4.39. The molecule has 0 N–H and O–H groups in total. The van der Waals surface area contributed by atoms with Gasteiger partial charge in [-0.3, -0.25) is 0 Å². The van der Waals surface area contributed by atoms with Crippen LogP contribution < -0.4 is 4.74 Å². The Morgan fingerprint density at radius 2 is 1.54 bits per heavy atom. The van der Waals surface area contributed by atoms with E-state index in [1.165, 1.54) is 23.3 Å². The first-order valence-corrected chi connectivity index (χ1v) is 15.0. The van der Waals surface area contributed by atoms with Crippen LogP contribution in [0.15, 0.2) is 80.9 Å². The molecular formula is C32H31F3O4S2. The molecule has 0 aliphatic rings. The van der Waals surface area contributed by atoms with E-state index in [1.54, 1.807) is 30.4 Å². The molecule has 0 aliphatic carbocycles. The number of carbonyl (C=O) groups excluding carboxylic acids is 1. The van der Waals surface area contributed by atoms with Crippen molar-refractivity contribution in [1.29, 1.82) is 0 Å². The Labute approximate surface area is 246 Å². The molecule has 0 atom stereocenters. The number of esters is 1. The molecule has 0 unspecified atom stereocenters. The first-order chi connectivity index (χ1) is 19.5. The van der Waals surface area contributed by atoms with E-state index in [-0.39, 0.29) is 6.61 Å². The van der Waals surface area contributed by atoms with E-state index in [4.69, 9.17) is 13.9 Å². The summed E-state index contributed by atoms with van der Waals surface area (Å²) in [6.07, 6.45) is -4.39. The zero-order valence-corrected chi connectivity index (χ0v) is 24.9. The second-order valence-electron chi connectivity index (χ2n) is 9.56. The van der Waals surface area contributed by atoms with Crippen molar-refractivity contribution < 1.29 is 31.9 Å². The molecule has 41 heavy (non-hydrogen) atoms. The van der Waals surface area contributed by atoms with E-state index in [0.29, 0.717) is 35.2 Å². The second-order valence-corrected chi connectivity index (χ2v) is 11.7. The number of hydrogen-bond acceptors (Lipinski definition) is 6. The Morgan fingerprint density at radius 1 is 0.854 bits per heavy atom. The van der Waals surface area contributed by atoms with Crippen LogP contribution in [0.1, 0.15) is 40.5 Å². The van der Waals surface area contributed by atoms with Crippen molar-refractivity contribution >= 4 is 29.5 Å². The van der Waals surface area contributed by atoms with Crippen molar-refractivity contribution in [3.63, 3.8) is 0 Å². The third-order valence-corrected chi connectivity index (χ3v) is 8.17. The average molecular weight is 601 g/mol. The summed E-state index contributed by atoms with van der Waals surface area (Å²) in [6, 6.07) is 19.1. The Balaban J connectivity index is 1.52. The molecule has 0 radical (unpaired) electrons. The highest BCUT2D eigenvalue weighted by atomic mass is 32.2. The van der Waals surface area contributed by atoms with Gasteiger partial charge in [0.15, 0.2) is 6.61 Å². The summed E-state index contributed by atoms with van der Waals surface area (Å²) >= 11 is 3.28. The third kappa shape index (κ3) is 8.60. The molecule has 0 bridgehead atoms. The molecule has 0 aliphatic heterocycles. The van der Waals surface area contributed by atoms with Gasteiger partial charge in [-0.15, -0.1) is 23.5 Å². The highest BCUT2D eigenvalue weighted by molar-refractivity contribution is 7.99. The Hall–Kier alpha value is -3.30. The Morgan fingerprint density at radius 3 is 2.17 bits per heavy atom. The largest absolute Gasteiger partial charge is 0.482 e. The van der Waals surface area contributed by atoms with E-state index >= 15 is 0 Å². The first kappa shape index (κ1) is 30.7. The van der Waals surface area contributed by atoms with Gasteiger partial charge in [-0.05, 0) is 92.9 Å². The maximum Gasteiger partial charge on any atom is 0.416 e. The van der Waals surface area contributed by atoms with Gasteiger partial charge in [-0.1, -0.05) is 18.2 Å². The number of furan rings is 1. The van der Waals surface area contributed by atoms with Crippen LogP contribution in [0.3, 0.4) is 0 Å². The fourth-order valence-electron chi connectivity index (χ4n) is 4.22. The van der Waals surface area contributed by atoms with Crippen molar-refractivity contribution in [2.75, 3.05) is 13.2 Å². The fourth-order valence-corrected chi connectivity index (χ4v) is 6.29. The molecule has 216 valence electrons. The van der Waals surface area contributed by atoms with E-state index in [9.17, 15) is 18.0 Å². The van der Waals surface area contributed by atoms with Crippen molar-refractivity contribution in [3.8, 4) is 17.1 Å². The van der Waals surface area contributed by atoms with E-state index in [1.807, 2.05) is 31.2 Å². The molecule has 4 nitrogen and oxygen atoms in total. The molecule has 4 rings (SSSR count). The van der Waals surface area contributed by atoms with Gasteiger partial charge < -0.3 is 13.9 Å². The molecule has 0 spiro atoms. The molecule has 4 aromatic rings. The standard InChI is InChI=1S/C32H31F3O4S2/c1-5-37-31(36)17-38-28-11-10-26(15-22(28)4)40-18-24-16-29(23-6-8-25(9-7-23)32(33,34)35)39-30(24)19-41-27-13-20(2)12-21(3)14-27/h6-16H,5,17-19H2,1-4H3. The van der Waals surface area contributed by atoms with Crippen molar-refractivity contribution in [1.82, 2.24) is 0 Å². The normalized spacial score (nSPS) is 11.5. The lowest BCUT2D eigenvalue weighted by Crippen LogP contribution is -2.14. The van der Waals surface area contributed by atoms with Gasteiger partial charge in [0.2, 0.25) is 0 Å². The van der Waals surface area contributed by atoms with Crippen molar-refractivity contribution in [3.05, 3.63) is 100 Å². The summed E-state index contributed by atoms with van der Waals surface area (Å²) in [5, 5.41) is 0. The predicted molar refractivity (Wildman–Crippen MR) is 157 cm³/mol. The molecule has 1 heterocycles. The van der Waals surface area contributed by atoms with Crippen LogP contribution in [0.4, 0.5) is 13.2 Å². The molecule has 9 heteroatoms. The summed E-state index contributed by atoms with van der Waals surface area (Å²) in [5.41, 5.74) is 4.12. The molecule has 0 amide bonds. The third-order valence-electron chi connectivity index (χ3n) is 6.15. The minimum absolute atomic E-state index is 0.148. The van der Waals surface area contributed by atoms with E-state index in [2.05, 4.69) is 32.0 Å². The molecule has 0 saturated carbocycles. The summed E-state index contributed by atoms with van der Waals surface area (Å²) in [5.74, 6) is 2.70. The van der Waals surface area contributed by atoms with Crippen LogP contribution in [0.25, 0.3) is 11.3 Å². The predicted octanol–water partition coefficient (Wildman–Crippen LogP) is 9.42. The van der Waals surface area contributed by atoms with Gasteiger partial charge in [-0.2, -0.15) is 13.2 Å². The Bertz CT molecular complexity index is 1470. The summed E-state index contributed by atoms with van der Waals surface area (Å²) in [7, 11) is 0.